The van der Waals surface area contributed by atoms with Gasteiger partial charge in [-0.05, 0) is 0 Å². The van der Waals surface area contributed by atoms with Gasteiger partial charge in [-0.3, -0.25) is 20.4 Å². The fourth-order valence-corrected chi connectivity index (χ4v) is 0.102. The maximum Gasteiger partial charge on any atom is 0.233 e. The molecule has 0 spiro atoms. The summed E-state index contributed by atoms with van der Waals surface area (Å²) >= 11 is 0. The fourth-order valence-electron chi connectivity index (χ4n) is 0.102. The normalized spacial score (nSPS) is 6.70. The summed E-state index contributed by atoms with van der Waals surface area (Å²) in [6.07, 6.45) is 0.858. The van der Waals surface area contributed by atoms with Gasteiger partial charge in [0.1, 0.15) is 0 Å². The Labute approximate surface area is 58.9 Å². The van der Waals surface area contributed by atoms with Gasteiger partial charge in [-0.1, -0.05) is 6.92 Å². The fraction of sp³-hybridized carbons (Fsp3) is 0.500. The summed E-state index contributed by atoms with van der Waals surface area (Å²) in [5.41, 5.74) is 3.73. The zero-order valence-electron chi connectivity index (χ0n) is 5.76. The number of hydrazine groups is 2. The molecule has 0 saturated heterocycles. The van der Waals surface area contributed by atoms with Gasteiger partial charge in [-0.25, -0.2) is 11.7 Å². The molecule has 0 aliphatic carbocycles. The predicted molar refractivity (Wildman–Crippen MR) is 36.0 cm³/mol. The van der Waals surface area contributed by atoms with Crippen molar-refractivity contribution in [1.82, 2.24) is 10.9 Å². The summed E-state index contributed by atoms with van der Waals surface area (Å²) in [5, 5.41) is 0. The van der Waals surface area contributed by atoms with Crippen molar-refractivity contribution in [3.05, 3.63) is 0 Å². The van der Waals surface area contributed by atoms with Gasteiger partial charge in [0, 0.05) is 6.42 Å². The molecule has 60 valence electrons. The molecular weight excluding hydrogens is 136 g/mol. The number of carbonyl (C=O) groups excluding carboxylic acids is 2. The molecule has 6 nitrogen and oxygen atoms in total. The SMILES string of the molecule is CCC(=O)NN.NNC=O. The molecule has 0 rings (SSSR count). The lowest BCUT2D eigenvalue weighted by atomic mass is 10.5. The van der Waals surface area contributed by atoms with E-state index in [0.717, 1.165) is 0 Å². The lowest BCUT2D eigenvalue weighted by Crippen LogP contribution is -2.28. The summed E-state index contributed by atoms with van der Waals surface area (Å²) in [7, 11) is 0. The smallest absolute Gasteiger partial charge is 0.233 e. The first-order chi connectivity index (χ1) is 4.72. The third kappa shape index (κ3) is 15.8. The highest BCUT2D eigenvalue weighted by atomic mass is 16.2. The number of hydrogen-bond acceptors (Lipinski definition) is 4. The molecule has 0 unspecified atom stereocenters. The van der Waals surface area contributed by atoms with E-state index in [1.54, 1.807) is 12.3 Å². The minimum absolute atomic E-state index is 0.130. The van der Waals surface area contributed by atoms with Crippen LogP contribution in [0.4, 0.5) is 0 Å². The van der Waals surface area contributed by atoms with E-state index < -0.39 is 0 Å². The van der Waals surface area contributed by atoms with E-state index in [4.69, 9.17) is 4.79 Å². The van der Waals surface area contributed by atoms with Crippen LogP contribution in [0.25, 0.3) is 0 Å². The first kappa shape index (κ1) is 11.6. The third-order valence-corrected chi connectivity index (χ3v) is 0.550. The quantitative estimate of drug-likeness (QED) is 0.157. The van der Waals surface area contributed by atoms with Crippen molar-refractivity contribution in [2.45, 2.75) is 13.3 Å². The van der Waals surface area contributed by atoms with Crippen molar-refractivity contribution in [2.24, 2.45) is 11.7 Å². The van der Waals surface area contributed by atoms with Gasteiger partial charge in [-0.2, -0.15) is 0 Å². The van der Waals surface area contributed by atoms with Gasteiger partial charge >= 0.3 is 0 Å². The first-order valence-electron chi connectivity index (χ1n) is 2.62. The zero-order valence-corrected chi connectivity index (χ0v) is 5.76. The molecular formula is C4H12N4O2. The second-order valence-corrected chi connectivity index (χ2v) is 1.21. The van der Waals surface area contributed by atoms with Gasteiger partial charge in [-0.15, -0.1) is 0 Å². The van der Waals surface area contributed by atoms with Gasteiger partial charge in [0.15, 0.2) is 0 Å². The molecule has 0 heterocycles. The second kappa shape index (κ2) is 10.8. The molecule has 0 aliphatic rings. The maximum atomic E-state index is 9.94. The van der Waals surface area contributed by atoms with Crippen LogP contribution in [0.2, 0.25) is 0 Å². The van der Waals surface area contributed by atoms with Crippen molar-refractivity contribution in [1.29, 1.82) is 0 Å². The van der Waals surface area contributed by atoms with Crippen LogP contribution in [0.5, 0.6) is 0 Å². The zero-order chi connectivity index (χ0) is 8.41. The Morgan fingerprint density at radius 1 is 1.60 bits per heavy atom. The van der Waals surface area contributed by atoms with Crippen LogP contribution in [-0.2, 0) is 9.59 Å². The number of rotatable bonds is 2. The molecule has 2 amide bonds. The third-order valence-electron chi connectivity index (χ3n) is 0.550. The number of hydrogen-bond donors (Lipinski definition) is 4. The Morgan fingerprint density at radius 2 is 2.00 bits per heavy atom. The number of carbonyl (C=O) groups is 2. The number of nitrogens with two attached hydrogens (primary N) is 2. The van der Waals surface area contributed by atoms with Crippen LogP contribution < -0.4 is 22.5 Å². The van der Waals surface area contributed by atoms with Crippen molar-refractivity contribution < 1.29 is 9.59 Å². The molecule has 6 heteroatoms. The van der Waals surface area contributed by atoms with Crippen LogP contribution in [0.15, 0.2) is 0 Å². The summed E-state index contributed by atoms with van der Waals surface area (Å²) in [4.78, 5) is 18.9. The Morgan fingerprint density at radius 3 is 2.00 bits per heavy atom. The molecule has 0 bridgehead atoms. The van der Waals surface area contributed by atoms with E-state index in [-0.39, 0.29) is 5.91 Å². The molecule has 10 heavy (non-hydrogen) atoms. The summed E-state index contributed by atoms with van der Waals surface area (Å²) in [6.45, 7) is 1.74. The van der Waals surface area contributed by atoms with Crippen LogP contribution in [-0.4, -0.2) is 12.3 Å². The Hall–Kier alpha value is -1.14. The molecule has 0 saturated carbocycles. The largest absolute Gasteiger partial charge is 0.297 e. The molecule has 0 aromatic carbocycles. The van der Waals surface area contributed by atoms with Crippen molar-refractivity contribution in [2.75, 3.05) is 0 Å². The summed E-state index contributed by atoms with van der Waals surface area (Å²) in [6, 6.07) is 0. The lowest BCUT2D eigenvalue weighted by Gasteiger charge is -1.87. The Balaban J connectivity index is 0. The highest BCUT2D eigenvalue weighted by Gasteiger charge is 1.85. The number of amides is 2. The topological polar surface area (TPSA) is 110 Å². The van der Waals surface area contributed by atoms with E-state index in [1.807, 2.05) is 5.43 Å². The summed E-state index contributed by atoms with van der Waals surface area (Å²) in [5.74, 6) is 8.96. The van der Waals surface area contributed by atoms with E-state index in [0.29, 0.717) is 12.8 Å². The molecule has 6 N–H and O–H groups in total. The molecule has 0 aromatic rings. The highest BCUT2D eigenvalue weighted by molar-refractivity contribution is 5.74. The summed E-state index contributed by atoms with van der Waals surface area (Å²) < 4.78 is 0. The van der Waals surface area contributed by atoms with Crippen LogP contribution in [0.3, 0.4) is 0 Å². The Bertz CT molecular complexity index is 89.3. The van der Waals surface area contributed by atoms with Crippen LogP contribution in [0, 0.1) is 0 Å². The van der Waals surface area contributed by atoms with E-state index >= 15 is 0 Å². The minimum atomic E-state index is -0.130. The van der Waals surface area contributed by atoms with Gasteiger partial charge in [0.05, 0.1) is 0 Å². The molecule has 0 radical (unpaired) electrons. The molecule has 0 fully saturated rings. The average molecular weight is 148 g/mol. The van der Waals surface area contributed by atoms with E-state index in [9.17, 15) is 4.79 Å². The molecule has 0 aliphatic heterocycles. The first-order valence-corrected chi connectivity index (χ1v) is 2.62. The average Bonchev–Trinajstić information content (AvgIpc) is 2.03. The second-order valence-electron chi connectivity index (χ2n) is 1.21. The van der Waals surface area contributed by atoms with Crippen molar-refractivity contribution in [3.63, 3.8) is 0 Å². The molecule has 0 atom stereocenters. The van der Waals surface area contributed by atoms with Gasteiger partial charge in [0.2, 0.25) is 12.3 Å². The monoisotopic (exact) mass is 148 g/mol. The van der Waals surface area contributed by atoms with E-state index in [1.165, 1.54) is 0 Å². The Kier molecular flexibility index (Phi) is 12.5. The van der Waals surface area contributed by atoms with Crippen molar-refractivity contribution in [3.8, 4) is 0 Å². The van der Waals surface area contributed by atoms with Gasteiger partial charge in [0.25, 0.3) is 0 Å². The van der Waals surface area contributed by atoms with Gasteiger partial charge < -0.3 is 0 Å². The standard InChI is InChI=1S/C3H8N2O.CH4N2O/c1-2-3(6)5-4;2-3-1-4/h2,4H2,1H3,(H,5,6);1H,2H2,(H,3,4). The predicted octanol–water partition coefficient (Wildman–Crippen LogP) is -2.01. The van der Waals surface area contributed by atoms with Crippen LogP contribution >= 0.6 is 0 Å². The van der Waals surface area contributed by atoms with Crippen molar-refractivity contribution >= 4 is 12.3 Å². The van der Waals surface area contributed by atoms with E-state index in [2.05, 4.69) is 11.7 Å². The molecule has 0 aromatic heterocycles. The highest BCUT2D eigenvalue weighted by Crippen LogP contribution is 1.66. The maximum absolute atomic E-state index is 9.94. The minimum Gasteiger partial charge on any atom is -0.297 e. The lowest BCUT2D eigenvalue weighted by molar-refractivity contribution is -0.120. The van der Waals surface area contributed by atoms with Crippen LogP contribution in [0.1, 0.15) is 13.3 Å². The number of nitrogens with one attached hydrogen (secondary N) is 2.